The second kappa shape index (κ2) is 6.01. The molecule has 0 amide bonds. The zero-order chi connectivity index (χ0) is 12.3. The lowest BCUT2D eigenvalue weighted by molar-refractivity contribution is 0.209. The van der Waals surface area contributed by atoms with E-state index in [-0.39, 0.29) is 0 Å². The van der Waals surface area contributed by atoms with Gasteiger partial charge in [0.25, 0.3) is 0 Å². The van der Waals surface area contributed by atoms with Crippen LogP contribution in [0, 0.1) is 5.92 Å². The number of rotatable bonds is 1. The lowest BCUT2D eigenvalue weighted by atomic mass is 9.86. The summed E-state index contributed by atoms with van der Waals surface area (Å²) in [6.45, 7) is 6.75. The molecule has 1 saturated carbocycles. The van der Waals surface area contributed by atoms with E-state index in [1.54, 1.807) is 0 Å². The number of likely N-dealkylation sites (N-methyl/N-ethyl adjacent to an activating group) is 1. The summed E-state index contributed by atoms with van der Waals surface area (Å²) >= 11 is 5.54. The maximum Gasteiger partial charge on any atom is 0.169 e. The number of nitrogens with zero attached hydrogens (tertiary/aromatic N) is 2. The van der Waals surface area contributed by atoms with E-state index in [0.29, 0.717) is 6.04 Å². The van der Waals surface area contributed by atoms with Crippen LogP contribution in [0.1, 0.15) is 32.6 Å². The molecule has 2 unspecified atom stereocenters. The summed E-state index contributed by atoms with van der Waals surface area (Å²) in [5, 5.41) is 4.58. The van der Waals surface area contributed by atoms with E-state index < -0.39 is 0 Å². The van der Waals surface area contributed by atoms with Crippen LogP contribution in [0.25, 0.3) is 0 Å². The first-order valence-corrected chi connectivity index (χ1v) is 7.31. The fourth-order valence-corrected chi connectivity index (χ4v) is 3.12. The van der Waals surface area contributed by atoms with Gasteiger partial charge in [-0.3, -0.25) is 0 Å². The van der Waals surface area contributed by atoms with Crippen LogP contribution in [-0.4, -0.2) is 54.2 Å². The van der Waals surface area contributed by atoms with Gasteiger partial charge in [0.1, 0.15) is 0 Å². The zero-order valence-corrected chi connectivity index (χ0v) is 11.9. The van der Waals surface area contributed by atoms with Gasteiger partial charge in [-0.15, -0.1) is 0 Å². The zero-order valence-electron chi connectivity index (χ0n) is 11.1. The summed E-state index contributed by atoms with van der Waals surface area (Å²) in [5.74, 6) is 0.772. The summed E-state index contributed by atoms with van der Waals surface area (Å²) in [6, 6.07) is 0.607. The normalized spacial score (nSPS) is 31.3. The van der Waals surface area contributed by atoms with Gasteiger partial charge < -0.3 is 15.1 Å². The Morgan fingerprint density at radius 1 is 1.12 bits per heavy atom. The van der Waals surface area contributed by atoms with Crippen molar-refractivity contribution >= 4 is 17.3 Å². The molecule has 1 saturated heterocycles. The smallest absolute Gasteiger partial charge is 0.169 e. The minimum Gasteiger partial charge on any atom is -0.360 e. The summed E-state index contributed by atoms with van der Waals surface area (Å²) < 4.78 is 0. The van der Waals surface area contributed by atoms with Crippen molar-refractivity contribution in [2.75, 3.05) is 33.2 Å². The second-order valence-corrected chi connectivity index (χ2v) is 5.99. The molecule has 2 aliphatic rings. The first kappa shape index (κ1) is 13.1. The highest BCUT2D eigenvalue weighted by Crippen LogP contribution is 2.23. The van der Waals surface area contributed by atoms with Crippen LogP contribution in [0.3, 0.4) is 0 Å². The van der Waals surface area contributed by atoms with Crippen LogP contribution in [0.15, 0.2) is 0 Å². The molecule has 0 radical (unpaired) electrons. The van der Waals surface area contributed by atoms with Crippen molar-refractivity contribution in [1.82, 2.24) is 15.1 Å². The predicted molar refractivity (Wildman–Crippen MR) is 76.2 cm³/mol. The lowest BCUT2D eigenvalue weighted by Gasteiger charge is -2.37. The van der Waals surface area contributed by atoms with Crippen LogP contribution >= 0.6 is 12.2 Å². The van der Waals surface area contributed by atoms with Gasteiger partial charge in [-0.05, 0) is 38.0 Å². The van der Waals surface area contributed by atoms with Gasteiger partial charge >= 0.3 is 0 Å². The predicted octanol–water partition coefficient (Wildman–Crippen LogP) is 1.69. The third kappa shape index (κ3) is 3.55. The van der Waals surface area contributed by atoms with E-state index >= 15 is 0 Å². The molecule has 17 heavy (non-hydrogen) atoms. The molecular weight excluding hydrogens is 230 g/mol. The standard InChI is InChI=1S/C13H25N3S/c1-11-5-3-4-6-12(11)14-13(17)16-9-7-15(2)8-10-16/h11-12H,3-10H2,1-2H3,(H,14,17). The molecule has 0 bridgehead atoms. The molecule has 0 aromatic heterocycles. The Balaban J connectivity index is 1.79. The molecule has 1 aliphatic carbocycles. The van der Waals surface area contributed by atoms with Gasteiger partial charge in [0.15, 0.2) is 5.11 Å². The van der Waals surface area contributed by atoms with Gasteiger partial charge in [-0.25, -0.2) is 0 Å². The molecular formula is C13H25N3S. The lowest BCUT2D eigenvalue weighted by Crippen LogP contribution is -2.53. The highest BCUT2D eigenvalue weighted by molar-refractivity contribution is 7.80. The average molecular weight is 255 g/mol. The minimum atomic E-state index is 0.607. The fourth-order valence-electron chi connectivity index (χ4n) is 2.79. The summed E-state index contributed by atoms with van der Waals surface area (Å²) in [7, 11) is 2.18. The van der Waals surface area contributed by atoms with Gasteiger partial charge in [0, 0.05) is 32.2 Å². The Labute approximate surface area is 111 Å². The van der Waals surface area contributed by atoms with Crippen molar-refractivity contribution in [3.05, 3.63) is 0 Å². The highest BCUT2D eigenvalue weighted by atomic mass is 32.1. The largest absolute Gasteiger partial charge is 0.360 e. The third-order valence-electron chi connectivity index (χ3n) is 4.21. The van der Waals surface area contributed by atoms with E-state index in [2.05, 4.69) is 29.1 Å². The quantitative estimate of drug-likeness (QED) is 0.718. The number of piperazine rings is 1. The van der Waals surface area contributed by atoms with Crippen LogP contribution in [0.2, 0.25) is 0 Å². The molecule has 0 spiro atoms. The third-order valence-corrected chi connectivity index (χ3v) is 4.59. The molecule has 1 aliphatic heterocycles. The van der Waals surface area contributed by atoms with Crippen molar-refractivity contribution in [3.63, 3.8) is 0 Å². The topological polar surface area (TPSA) is 18.5 Å². The van der Waals surface area contributed by atoms with Crippen LogP contribution < -0.4 is 5.32 Å². The van der Waals surface area contributed by atoms with E-state index in [0.717, 1.165) is 37.2 Å². The van der Waals surface area contributed by atoms with Crippen LogP contribution in [0.5, 0.6) is 0 Å². The molecule has 2 atom stereocenters. The Morgan fingerprint density at radius 3 is 2.41 bits per heavy atom. The number of hydrogen-bond donors (Lipinski definition) is 1. The maximum absolute atomic E-state index is 5.54. The number of nitrogens with one attached hydrogen (secondary N) is 1. The fraction of sp³-hybridized carbons (Fsp3) is 0.923. The van der Waals surface area contributed by atoms with Crippen molar-refractivity contribution < 1.29 is 0 Å². The van der Waals surface area contributed by atoms with E-state index in [1.165, 1.54) is 25.7 Å². The van der Waals surface area contributed by atoms with Crippen molar-refractivity contribution in [1.29, 1.82) is 0 Å². The Kier molecular flexibility index (Phi) is 4.62. The monoisotopic (exact) mass is 255 g/mol. The molecule has 98 valence electrons. The van der Waals surface area contributed by atoms with Gasteiger partial charge in [-0.2, -0.15) is 0 Å². The van der Waals surface area contributed by atoms with Crippen molar-refractivity contribution in [3.8, 4) is 0 Å². The molecule has 0 aromatic rings. The van der Waals surface area contributed by atoms with Gasteiger partial charge in [0.05, 0.1) is 0 Å². The number of hydrogen-bond acceptors (Lipinski definition) is 2. The minimum absolute atomic E-state index is 0.607. The first-order valence-electron chi connectivity index (χ1n) is 6.91. The molecule has 2 rings (SSSR count). The van der Waals surface area contributed by atoms with Gasteiger partial charge in [0.2, 0.25) is 0 Å². The van der Waals surface area contributed by atoms with Crippen molar-refractivity contribution in [2.24, 2.45) is 5.92 Å². The molecule has 4 heteroatoms. The summed E-state index contributed by atoms with van der Waals surface area (Å²) in [5.41, 5.74) is 0. The van der Waals surface area contributed by atoms with Gasteiger partial charge in [-0.1, -0.05) is 19.8 Å². The van der Waals surface area contributed by atoms with E-state index in [1.807, 2.05) is 0 Å². The van der Waals surface area contributed by atoms with Crippen LogP contribution in [0.4, 0.5) is 0 Å². The van der Waals surface area contributed by atoms with E-state index in [9.17, 15) is 0 Å². The Morgan fingerprint density at radius 2 is 1.76 bits per heavy atom. The number of thiocarbonyl (C=S) groups is 1. The SMILES string of the molecule is CC1CCCCC1NC(=S)N1CCN(C)CC1. The summed E-state index contributed by atoms with van der Waals surface area (Å²) in [6.07, 6.45) is 5.38. The van der Waals surface area contributed by atoms with Crippen LogP contribution in [-0.2, 0) is 0 Å². The molecule has 2 fully saturated rings. The van der Waals surface area contributed by atoms with E-state index in [4.69, 9.17) is 12.2 Å². The average Bonchev–Trinajstić information content (AvgIpc) is 2.33. The molecule has 0 aromatic carbocycles. The van der Waals surface area contributed by atoms with Crippen molar-refractivity contribution in [2.45, 2.75) is 38.6 Å². The molecule has 3 nitrogen and oxygen atoms in total. The Hall–Kier alpha value is -0.350. The maximum atomic E-state index is 5.54. The highest BCUT2D eigenvalue weighted by Gasteiger charge is 2.24. The second-order valence-electron chi connectivity index (χ2n) is 5.61. The summed E-state index contributed by atoms with van der Waals surface area (Å²) in [4.78, 5) is 4.69. The molecule has 1 N–H and O–H groups in total. The Bertz CT molecular complexity index is 261. The first-order chi connectivity index (χ1) is 8.16. The molecule has 1 heterocycles.